The number of anilines is 2. The molecule has 0 atom stereocenters. The minimum atomic E-state index is -0.509. The highest BCUT2D eigenvalue weighted by molar-refractivity contribution is 7.99. The number of carbonyl (C=O) groups is 2. The number of halogens is 2. The molecule has 0 aliphatic rings. The predicted octanol–water partition coefficient (Wildman–Crippen LogP) is 4.31. The van der Waals surface area contributed by atoms with Crippen molar-refractivity contribution in [1.29, 1.82) is 0 Å². The van der Waals surface area contributed by atoms with E-state index in [4.69, 9.17) is 11.6 Å². The van der Waals surface area contributed by atoms with Gasteiger partial charge in [-0.2, -0.15) is 0 Å². The van der Waals surface area contributed by atoms with Gasteiger partial charge in [-0.15, -0.1) is 10.2 Å². The van der Waals surface area contributed by atoms with Crippen molar-refractivity contribution in [2.75, 3.05) is 16.4 Å². The summed E-state index contributed by atoms with van der Waals surface area (Å²) >= 11 is 7.30. The van der Waals surface area contributed by atoms with Gasteiger partial charge in [0.25, 0.3) is 0 Å². The van der Waals surface area contributed by atoms with Gasteiger partial charge in [-0.1, -0.05) is 41.6 Å². The maximum atomic E-state index is 13.7. The van der Waals surface area contributed by atoms with Crippen molar-refractivity contribution in [1.82, 2.24) is 14.8 Å². The molecule has 7 nitrogen and oxygen atoms in total. The number of hydrogen-bond acceptors (Lipinski definition) is 5. The summed E-state index contributed by atoms with van der Waals surface area (Å²) in [6.45, 7) is 4.24. The zero-order chi connectivity index (χ0) is 22.4. The molecule has 2 N–H and O–H groups in total. The Morgan fingerprint density at radius 2 is 1.77 bits per heavy atom. The molecule has 0 unspecified atom stereocenters. The molecule has 0 saturated heterocycles. The maximum absolute atomic E-state index is 13.7. The first-order valence-corrected chi connectivity index (χ1v) is 10.9. The third kappa shape index (κ3) is 5.83. The van der Waals surface area contributed by atoms with E-state index < -0.39 is 11.7 Å². The molecule has 162 valence electrons. The van der Waals surface area contributed by atoms with Gasteiger partial charge in [-0.3, -0.25) is 9.59 Å². The van der Waals surface area contributed by atoms with Gasteiger partial charge in [-0.25, -0.2) is 4.39 Å². The summed E-state index contributed by atoms with van der Waals surface area (Å²) in [5.74, 6) is -0.571. The summed E-state index contributed by atoms with van der Waals surface area (Å²) in [4.78, 5) is 24.6. The van der Waals surface area contributed by atoms with Crippen molar-refractivity contribution in [2.45, 2.75) is 32.0 Å². The Kier molecular flexibility index (Phi) is 7.64. The van der Waals surface area contributed by atoms with Crippen LogP contribution < -0.4 is 10.6 Å². The number of carbonyl (C=O) groups excluding carboxylic acids is 2. The summed E-state index contributed by atoms with van der Waals surface area (Å²) in [5, 5.41) is 14.6. The van der Waals surface area contributed by atoms with Crippen LogP contribution in [0.1, 0.15) is 18.3 Å². The first-order chi connectivity index (χ1) is 14.9. The normalized spacial score (nSPS) is 10.7. The second-order valence-electron chi connectivity index (χ2n) is 6.60. The fourth-order valence-electron chi connectivity index (χ4n) is 2.83. The summed E-state index contributed by atoms with van der Waals surface area (Å²) in [5.41, 5.74) is 1.56. The van der Waals surface area contributed by atoms with E-state index in [9.17, 15) is 14.0 Å². The van der Waals surface area contributed by atoms with Gasteiger partial charge >= 0.3 is 0 Å². The molecule has 0 bridgehead atoms. The van der Waals surface area contributed by atoms with Crippen molar-refractivity contribution in [2.24, 2.45) is 0 Å². The van der Waals surface area contributed by atoms with E-state index in [0.717, 1.165) is 5.56 Å². The molecule has 1 heterocycles. The van der Waals surface area contributed by atoms with Crippen LogP contribution in [0.4, 0.5) is 15.8 Å². The lowest BCUT2D eigenvalue weighted by molar-refractivity contribution is -0.116. The quantitative estimate of drug-likeness (QED) is 0.488. The third-order valence-corrected chi connectivity index (χ3v) is 5.83. The van der Waals surface area contributed by atoms with Crippen LogP contribution in [-0.4, -0.2) is 32.3 Å². The van der Waals surface area contributed by atoms with Gasteiger partial charge < -0.3 is 15.2 Å². The average molecular weight is 462 g/mol. The summed E-state index contributed by atoms with van der Waals surface area (Å²) in [6.07, 6.45) is -0.0658. The minimum Gasteiger partial charge on any atom is -0.325 e. The number of thioether (sulfide) groups is 1. The van der Waals surface area contributed by atoms with Crippen molar-refractivity contribution < 1.29 is 14.0 Å². The standard InChI is InChI=1S/C21H21ClFN5O2S/c1-3-28-18(11-19(29)25-17-9-5-4-8-15(17)23)26-27-21(28)31-12-20(30)24-16-10-6-7-14(22)13(16)2/h4-10H,3,11-12H2,1-2H3,(H,24,30)(H,25,29). The fourth-order valence-corrected chi connectivity index (χ4v) is 3.83. The van der Waals surface area contributed by atoms with Crippen molar-refractivity contribution in [3.05, 3.63) is 64.7 Å². The largest absolute Gasteiger partial charge is 0.325 e. The third-order valence-electron chi connectivity index (χ3n) is 4.45. The topological polar surface area (TPSA) is 88.9 Å². The van der Waals surface area contributed by atoms with E-state index in [2.05, 4.69) is 20.8 Å². The highest BCUT2D eigenvalue weighted by Gasteiger charge is 2.17. The van der Waals surface area contributed by atoms with Crippen LogP contribution in [0.2, 0.25) is 5.02 Å². The Bertz CT molecular complexity index is 1110. The Hall–Kier alpha value is -2.91. The van der Waals surface area contributed by atoms with E-state index in [-0.39, 0.29) is 23.8 Å². The number of hydrogen-bond donors (Lipinski definition) is 2. The van der Waals surface area contributed by atoms with Crippen LogP contribution in [0.5, 0.6) is 0 Å². The lowest BCUT2D eigenvalue weighted by atomic mass is 10.2. The molecule has 0 spiro atoms. The van der Waals surface area contributed by atoms with Crippen LogP contribution in [0.3, 0.4) is 0 Å². The zero-order valence-corrected chi connectivity index (χ0v) is 18.6. The molecule has 2 aromatic carbocycles. The molecule has 10 heteroatoms. The van der Waals surface area contributed by atoms with Gasteiger partial charge in [0.15, 0.2) is 5.16 Å². The molecule has 1 aromatic heterocycles. The molecule has 0 aliphatic carbocycles. The maximum Gasteiger partial charge on any atom is 0.234 e. The SMILES string of the molecule is CCn1c(CC(=O)Nc2ccccc2F)nnc1SCC(=O)Nc1cccc(Cl)c1C. The molecule has 3 aromatic rings. The van der Waals surface area contributed by atoms with Gasteiger partial charge in [-0.05, 0) is 43.7 Å². The molecule has 3 rings (SSSR count). The number of aromatic nitrogens is 3. The predicted molar refractivity (Wildman–Crippen MR) is 120 cm³/mol. The Balaban J connectivity index is 1.60. The van der Waals surface area contributed by atoms with Crippen molar-refractivity contribution in [3.63, 3.8) is 0 Å². The highest BCUT2D eigenvalue weighted by Crippen LogP contribution is 2.24. The van der Waals surface area contributed by atoms with Gasteiger partial charge in [0.1, 0.15) is 11.6 Å². The molecule has 0 aliphatic heterocycles. The van der Waals surface area contributed by atoms with E-state index >= 15 is 0 Å². The Morgan fingerprint density at radius 1 is 1.06 bits per heavy atom. The van der Waals surface area contributed by atoms with Crippen LogP contribution in [0.15, 0.2) is 47.6 Å². The number of nitrogens with zero attached hydrogens (tertiary/aromatic N) is 3. The van der Waals surface area contributed by atoms with Crippen LogP contribution in [-0.2, 0) is 22.6 Å². The second-order valence-corrected chi connectivity index (χ2v) is 7.95. The van der Waals surface area contributed by atoms with Crippen molar-refractivity contribution >= 4 is 46.6 Å². The van der Waals surface area contributed by atoms with Gasteiger partial charge in [0.2, 0.25) is 11.8 Å². The number of amides is 2. The molecule has 0 radical (unpaired) electrons. The molecular formula is C21H21ClFN5O2S. The lowest BCUT2D eigenvalue weighted by Crippen LogP contribution is -2.18. The minimum absolute atomic E-state index is 0.0658. The average Bonchev–Trinajstić information content (AvgIpc) is 3.13. The van der Waals surface area contributed by atoms with Crippen LogP contribution in [0.25, 0.3) is 0 Å². The smallest absolute Gasteiger partial charge is 0.234 e. The first-order valence-electron chi connectivity index (χ1n) is 9.53. The second kappa shape index (κ2) is 10.4. The number of para-hydroxylation sites is 1. The zero-order valence-electron chi connectivity index (χ0n) is 17.0. The molecule has 0 saturated carbocycles. The molecule has 2 amide bonds. The van der Waals surface area contributed by atoms with Gasteiger partial charge in [0, 0.05) is 17.3 Å². The highest BCUT2D eigenvalue weighted by atomic mass is 35.5. The summed E-state index contributed by atoms with van der Waals surface area (Å²) < 4.78 is 15.5. The fraction of sp³-hybridized carbons (Fsp3) is 0.238. The van der Waals surface area contributed by atoms with E-state index in [1.54, 1.807) is 34.9 Å². The van der Waals surface area contributed by atoms with Crippen LogP contribution >= 0.6 is 23.4 Å². The summed E-state index contributed by atoms with van der Waals surface area (Å²) in [6, 6.07) is 11.3. The number of benzene rings is 2. The number of nitrogens with one attached hydrogen (secondary N) is 2. The van der Waals surface area contributed by atoms with E-state index in [0.29, 0.717) is 28.2 Å². The lowest BCUT2D eigenvalue weighted by Gasteiger charge is -2.10. The van der Waals surface area contributed by atoms with Crippen molar-refractivity contribution in [3.8, 4) is 0 Å². The number of rotatable bonds is 8. The van der Waals surface area contributed by atoms with Crippen LogP contribution in [0, 0.1) is 12.7 Å². The Labute approximate surface area is 188 Å². The van der Waals surface area contributed by atoms with Gasteiger partial charge in [0.05, 0.1) is 17.9 Å². The van der Waals surface area contributed by atoms with E-state index in [1.807, 2.05) is 13.8 Å². The van der Waals surface area contributed by atoms with E-state index in [1.165, 1.54) is 23.9 Å². The first kappa shape index (κ1) is 22.8. The Morgan fingerprint density at radius 3 is 2.52 bits per heavy atom. The molecular weight excluding hydrogens is 441 g/mol. The monoisotopic (exact) mass is 461 g/mol. The molecule has 31 heavy (non-hydrogen) atoms. The summed E-state index contributed by atoms with van der Waals surface area (Å²) in [7, 11) is 0. The molecule has 0 fully saturated rings.